The van der Waals surface area contributed by atoms with Gasteiger partial charge in [-0.25, -0.2) is 9.59 Å². The summed E-state index contributed by atoms with van der Waals surface area (Å²) in [7, 11) is 5.79. The molecule has 260 valence electrons. The molecule has 0 radical (unpaired) electrons. The number of ether oxygens (including phenoxy) is 4. The van der Waals surface area contributed by atoms with Gasteiger partial charge in [0.25, 0.3) is 0 Å². The predicted octanol–water partition coefficient (Wildman–Crippen LogP) is 6.85. The molecule has 0 bridgehead atoms. The van der Waals surface area contributed by atoms with Crippen molar-refractivity contribution in [3.8, 4) is 11.5 Å². The Morgan fingerprint density at radius 1 is 0.826 bits per heavy atom. The number of fused-ring (bicyclic) bond motifs is 1. The van der Waals surface area contributed by atoms with Crippen LogP contribution in [0.5, 0.6) is 11.5 Å². The maximum atomic E-state index is 11.9. The summed E-state index contributed by atoms with van der Waals surface area (Å²) in [6.45, 7) is 5.62. The first-order chi connectivity index (χ1) is 21.0. The predicted molar refractivity (Wildman–Crippen MR) is 155 cm³/mol. The minimum absolute atomic E-state index is 0. The number of hydrogen-bond donors (Lipinski definition) is 2. The molecule has 0 fully saturated rings. The zero-order valence-corrected chi connectivity index (χ0v) is 24.9. The molecule has 1 aromatic heterocycles. The molecular formula is C28H35F7N2O9. The van der Waals surface area contributed by atoms with E-state index in [9.17, 15) is 14.4 Å². The number of halogens is 7. The highest BCUT2D eigenvalue weighted by atomic mass is 20.0. The molecule has 46 heavy (non-hydrogen) atoms. The van der Waals surface area contributed by atoms with Crippen molar-refractivity contribution in [3.05, 3.63) is 75.2 Å². The van der Waals surface area contributed by atoms with Gasteiger partial charge in [-0.3, -0.25) is 9.50 Å². The van der Waals surface area contributed by atoms with Gasteiger partial charge in [0, 0.05) is 68.5 Å². The fourth-order valence-electron chi connectivity index (χ4n) is 3.22. The molecule has 0 saturated heterocycles. The molecule has 0 aliphatic rings. The van der Waals surface area contributed by atoms with Crippen molar-refractivity contribution in [1.29, 1.82) is 0 Å². The van der Waals surface area contributed by atoms with E-state index >= 15 is 0 Å². The van der Waals surface area contributed by atoms with Crippen LogP contribution in [0.1, 0.15) is 36.0 Å². The third kappa shape index (κ3) is 17.7. The van der Waals surface area contributed by atoms with E-state index in [1.54, 1.807) is 33.3 Å². The van der Waals surface area contributed by atoms with Crippen molar-refractivity contribution >= 4 is 34.7 Å². The summed E-state index contributed by atoms with van der Waals surface area (Å²) in [4.78, 5) is 53.5. The number of aromatic amines is 1. The smallest absolute Gasteiger partial charge is 0.373 e. The first-order valence-corrected chi connectivity index (χ1v) is 11.4. The van der Waals surface area contributed by atoms with Crippen LogP contribution in [0.15, 0.2) is 53.0 Å². The van der Waals surface area contributed by atoms with Crippen LogP contribution >= 0.6 is 0 Å². The van der Waals surface area contributed by atoms with Crippen molar-refractivity contribution in [1.82, 2.24) is 4.98 Å². The van der Waals surface area contributed by atoms with E-state index in [0.717, 1.165) is 22.6 Å². The molecule has 2 N–H and O–H groups in total. The Morgan fingerprint density at radius 3 is 1.78 bits per heavy atom. The van der Waals surface area contributed by atoms with Gasteiger partial charge in [0.05, 0.1) is 34.0 Å². The van der Waals surface area contributed by atoms with E-state index < -0.39 is 5.97 Å². The Labute approximate surface area is 259 Å². The second-order valence-corrected chi connectivity index (χ2v) is 7.65. The molecule has 1 heterocycles. The van der Waals surface area contributed by atoms with Crippen molar-refractivity contribution in [3.63, 3.8) is 0 Å². The van der Waals surface area contributed by atoms with Crippen LogP contribution in [0.4, 0.5) is 37.8 Å². The number of aromatic nitrogens is 1. The van der Waals surface area contributed by atoms with Crippen LogP contribution < -0.4 is 20.2 Å². The Bertz CT molecular complexity index is 1430. The Kier molecular flexibility index (Phi) is 32.4. The number of carbonyl (C=O) groups excluding carboxylic acids is 4. The number of nitrogens with one attached hydrogen (secondary N) is 2. The number of anilines is 1. The summed E-state index contributed by atoms with van der Waals surface area (Å²) in [5.41, 5.74) is 3.95. The minimum Gasteiger partial charge on any atom is -0.496 e. The fourth-order valence-corrected chi connectivity index (χ4v) is 3.22. The summed E-state index contributed by atoms with van der Waals surface area (Å²) < 4.78 is 67.5. The molecule has 0 unspecified atom stereocenters. The lowest BCUT2D eigenvalue weighted by Crippen LogP contribution is -2.11. The maximum absolute atomic E-state index is 11.9. The van der Waals surface area contributed by atoms with Gasteiger partial charge >= 0.3 is 18.1 Å². The summed E-state index contributed by atoms with van der Waals surface area (Å²) in [6.07, 6.45) is 1.65. The summed E-state index contributed by atoms with van der Waals surface area (Å²) in [6, 6.07) is 10.4. The van der Waals surface area contributed by atoms with Gasteiger partial charge in [-0.05, 0) is 44.0 Å². The second-order valence-electron chi connectivity index (χ2n) is 7.65. The SMILES string of the molecule is C.COC(=O)/C=C(\C)Nc1ccc(C)c(OC)c1.COC(=O)c1cc(=O)c2cc(C)c(OC)cc2[nH]1.F.FF.FF.FF.O=C=O. The number of pyridine rings is 1. The standard InChI is InChI=1S/C13H13NO4.C13H17NO3.CO2.CH4.3F2.FH/c1-7-4-8-9(6-12(7)17-2)14-10(5-11(8)15)13(16)18-3;1-9-5-6-11(8-12(9)16-3)14-10(2)7-13(15)17-4;2-1-3;;3*1-2;/h4-6H,1-3H3,(H,14,15);5-8,14H,1-4H3;;1H4;;;;1H/b;10-7+;;;;;;. The van der Waals surface area contributed by atoms with Crippen LogP contribution in [0.3, 0.4) is 0 Å². The number of allylic oxidation sites excluding steroid dienone is 1. The number of hydrogen-bond acceptors (Lipinski definition) is 10. The van der Waals surface area contributed by atoms with Gasteiger partial charge in [0.1, 0.15) is 17.2 Å². The fraction of sp³-hybridized carbons (Fsp3) is 0.286. The average Bonchev–Trinajstić information content (AvgIpc) is 3.05. The van der Waals surface area contributed by atoms with E-state index in [1.807, 2.05) is 32.0 Å². The van der Waals surface area contributed by atoms with Gasteiger partial charge in [-0.15, -0.1) is 0 Å². The Morgan fingerprint density at radius 2 is 1.33 bits per heavy atom. The van der Waals surface area contributed by atoms with E-state index in [-0.39, 0.29) is 35.4 Å². The summed E-state index contributed by atoms with van der Waals surface area (Å²) in [5, 5.41) is 3.60. The van der Waals surface area contributed by atoms with Crippen LogP contribution in [0, 0.1) is 13.8 Å². The number of benzene rings is 2. The third-order valence-corrected chi connectivity index (χ3v) is 5.04. The topological polar surface area (TPSA) is 150 Å². The molecule has 3 aromatic rings. The van der Waals surface area contributed by atoms with Crippen LogP contribution in [0.25, 0.3) is 10.9 Å². The van der Waals surface area contributed by atoms with Crippen LogP contribution in [-0.2, 0) is 23.9 Å². The largest absolute Gasteiger partial charge is 0.496 e. The van der Waals surface area contributed by atoms with E-state index in [2.05, 4.69) is 19.8 Å². The molecule has 0 atom stereocenters. The Balaban J connectivity index is -0.000000189. The lowest BCUT2D eigenvalue weighted by molar-refractivity contribution is -0.191. The highest BCUT2D eigenvalue weighted by molar-refractivity contribution is 5.91. The number of aryl methyl sites for hydroxylation is 2. The van der Waals surface area contributed by atoms with E-state index in [0.29, 0.717) is 22.3 Å². The zero-order chi connectivity index (χ0) is 34.8. The molecule has 0 spiro atoms. The number of carbonyl (C=O) groups is 2. The third-order valence-electron chi connectivity index (χ3n) is 5.04. The van der Waals surface area contributed by atoms with Crippen LogP contribution in [0.2, 0.25) is 0 Å². The maximum Gasteiger partial charge on any atom is 0.373 e. The van der Waals surface area contributed by atoms with Gasteiger partial charge in [0.15, 0.2) is 5.43 Å². The highest BCUT2D eigenvalue weighted by Crippen LogP contribution is 2.23. The first-order valence-electron chi connectivity index (χ1n) is 11.4. The minimum atomic E-state index is -0.575. The molecule has 0 amide bonds. The van der Waals surface area contributed by atoms with Crippen molar-refractivity contribution in [2.75, 3.05) is 33.8 Å². The quantitative estimate of drug-likeness (QED) is 0.161. The van der Waals surface area contributed by atoms with E-state index in [1.165, 1.54) is 26.4 Å². The van der Waals surface area contributed by atoms with Crippen molar-refractivity contribution in [2.45, 2.75) is 28.2 Å². The number of rotatable bonds is 6. The van der Waals surface area contributed by atoms with Gasteiger partial charge in [-0.1, -0.05) is 13.5 Å². The molecule has 0 saturated carbocycles. The summed E-state index contributed by atoms with van der Waals surface area (Å²) in [5.74, 6) is 0.503. The molecule has 3 rings (SSSR count). The normalized spacial score (nSPS) is 8.67. The van der Waals surface area contributed by atoms with E-state index in [4.69, 9.17) is 46.5 Å². The lowest BCUT2D eigenvalue weighted by atomic mass is 10.1. The summed E-state index contributed by atoms with van der Waals surface area (Å²) >= 11 is 0. The lowest BCUT2D eigenvalue weighted by Gasteiger charge is -2.10. The second kappa shape index (κ2) is 29.7. The number of methoxy groups -OCH3 is 4. The average molecular weight is 677 g/mol. The van der Waals surface area contributed by atoms with Crippen molar-refractivity contribution < 1.29 is 70.3 Å². The van der Waals surface area contributed by atoms with Crippen LogP contribution in [-0.4, -0.2) is 51.5 Å². The van der Waals surface area contributed by atoms with Gasteiger partial charge < -0.3 is 29.2 Å². The first kappa shape index (κ1) is 50.3. The zero-order valence-electron chi connectivity index (χ0n) is 24.9. The Hall–Kier alpha value is -5.38. The molecule has 2 aromatic carbocycles. The molecule has 18 heteroatoms. The molecular weight excluding hydrogens is 641 g/mol. The number of H-pyrrole nitrogens is 1. The molecule has 0 aliphatic heterocycles. The highest BCUT2D eigenvalue weighted by Gasteiger charge is 2.11. The molecule has 0 aliphatic carbocycles. The van der Waals surface area contributed by atoms with Gasteiger partial charge in [0.2, 0.25) is 0 Å². The van der Waals surface area contributed by atoms with Gasteiger partial charge in [-0.2, -0.15) is 9.59 Å². The number of esters is 2. The monoisotopic (exact) mass is 676 g/mol. The molecule has 11 nitrogen and oxygen atoms in total. The van der Waals surface area contributed by atoms with Crippen molar-refractivity contribution in [2.24, 2.45) is 0 Å².